The molecule has 6 rings (SSSR count). The summed E-state index contributed by atoms with van der Waals surface area (Å²) in [7, 11) is 0. The van der Waals surface area contributed by atoms with Crippen LogP contribution < -0.4 is 21.1 Å². The number of amides is 2. The molecule has 37 heavy (non-hydrogen) atoms. The van der Waals surface area contributed by atoms with Crippen molar-refractivity contribution in [2.45, 2.75) is 31.2 Å². The maximum absolute atomic E-state index is 13.0. The summed E-state index contributed by atoms with van der Waals surface area (Å²) in [6.07, 6.45) is 3.51. The summed E-state index contributed by atoms with van der Waals surface area (Å²) in [5, 5.41) is 6.85. The van der Waals surface area contributed by atoms with E-state index in [4.69, 9.17) is 33.7 Å². The first kappa shape index (κ1) is 24.1. The van der Waals surface area contributed by atoms with Gasteiger partial charge in [-0.3, -0.25) is 9.59 Å². The van der Waals surface area contributed by atoms with Gasteiger partial charge in [-0.15, -0.1) is 0 Å². The number of carbonyl (C=O) groups excluding carboxylic acids is 2. The number of rotatable bonds is 7. The molecule has 0 aliphatic heterocycles. The van der Waals surface area contributed by atoms with Gasteiger partial charge in [-0.25, -0.2) is 9.97 Å². The minimum Gasteiger partial charge on any atom is -0.439 e. The first-order valence-corrected chi connectivity index (χ1v) is 13.3. The number of ether oxygens (including phenoxy) is 1. The van der Waals surface area contributed by atoms with Crippen molar-refractivity contribution in [2.24, 2.45) is 11.7 Å². The van der Waals surface area contributed by atoms with Gasteiger partial charge in [-0.2, -0.15) is 0 Å². The van der Waals surface area contributed by atoms with Crippen LogP contribution in [0.3, 0.4) is 0 Å². The summed E-state index contributed by atoms with van der Waals surface area (Å²) in [6, 6.07) is 13.7. The second-order valence-corrected chi connectivity index (χ2v) is 11.0. The lowest BCUT2D eigenvalue weighted by atomic mass is 10.0. The second-order valence-electron chi connectivity index (χ2n) is 9.28. The van der Waals surface area contributed by atoms with Crippen LogP contribution in [-0.4, -0.2) is 21.8 Å². The van der Waals surface area contributed by atoms with Crippen LogP contribution in [0.4, 0.5) is 10.8 Å². The first-order chi connectivity index (χ1) is 17.8. The number of nitrogens with zero attached hydrogens (tertiary/aromatic N) is 2. The summed E-state index contributed by atoms with van der Waals surface area (Å²) < 4.78 is 5.93. The third-order valence-corrected chi connectivity index (χ3v) is 8.00. The highest BCUT2D eigenvalue weighted by molar-refractivity contribution is 7.21. The number of nitrogens with two attached hydrogens (primary N) is 1. The normalized spacial score (nSPS) is 15.9. The Kier molecular flexibility index (Phi) is 6.03. The van der Waals surface area contributed by atoms with E-state index >= 15 is 0 Å². The number of aromatic nitrogens is 2. The van der Waals surface area contributed by atoms with Gasteiger partial charge >= 0.3 is 0 Å². The third kappa shape index (κ3) is 5.00. The Morgan fingerprint density at radius 1 is 1.05 bits per heavy atom. The van der Waals surface area contributed by atoms with E-state index in [1.807, 2.05) is 6.07 Å². The molecular formula is C26H21Cl2N5O3S. The number of halogens is 2. The molecule has 8 nitrogen and oxygen atoms in total. The molecule has 2 fully saturated rings. The Morgan fingerprint density at radius 2 is 1.86 bits per heavy atom. The number of hydrogen-bond acceptors (Lipinski definition) is 7. The lowest BCUT2D eigenvalue weighted by molar-refractivity contribution is -0.117. The van der Waals surface area contributed by atoms with Crippen molar-refractivity contribution in [3.63, 3.8) is 0 Å². The fourth-order valence-electron chi connectivity index (χ4n) is 3.93. The molecule has 0 saturated heterocycles. The zero-order valence-corrected chi connectivity index (χ0v) is 21.7. The lowest BCUT2D eigenvalue weighted by Crippen LogP contribution is -2.21. The predicted octanol–water partition coefficient (Wildman–Crippen LogP) is 6.34. The quantitative estimate of drug-likeness (QED) is 0.245. The van der Waals surface area contributed by atoms with Crippen molar-refractivity contribution in [1.82, 2.24) is 9.97 Å². The Hall–Kier alpha value is -3.24. The van der Waals surface area contributed by atoms with Gasteiger partial charge in [0.2, 0.25) is 11.8 Å². The number of pyridine rings is 1. The molecule has 0 bridgehead atoms. The van der Waals surface area contributed by atoms with E-state index in [9.17, 15) is 9.59 Å². The maximum atomic E-state index is 13.0. The van der Waals surface area contributed by atoms with E-state index in [0.717, 1.165) is 31.2 Å². The van der Waals surface area contributed by atoms with Crippen molar-refractivity contribution in [1.29, 1.82) is 0 Å². The molecule has 0 spiro atoms. The summed E-state index contributed by atoms with van der Waals surface area (Å²) >= 11 is 14.2. The second kappa shape index (κ2) is 9.25. The number of hydrogen-bond donors (Lipinski definition) is 3. The predicted molar refractivity (Wildman–Crippen MR) is 145 cm³/mol. The van der Waals surface area contributed by atoms with Gasteiger partial charge in [-0.1, -0.05) is 46.7 Å². The molecule has 2 aliphatic rings. The van der Waals surface area contributed by atoms with E-state index in [-0.39, 0.29) is 11.8 Å². The fourth-order valence-corrected chi connectivity index (χ4v) is 5.33. The van der Waals surface area contributed by atoms with Crippen LogP contribution in [0.5, 0.6) is 11.6 Å². The number of thiazole rings is 1. The zero-order valence-electron chi connectivity index (χ0n) is 19.4. The Bertz CT molecular complexity index is 1570. The van der Waals surface area contributed by atoms with Crippen LogP contribution in [0.15, 0.2) is 48.5 Å². The van der Waals surface area contributed by atoms with Crippen LogP contribution in [-0.2, 0) is 10.3 Å². The minimum atomic E-state index is -0.464. The SMILES string of the molecule is NC1(c2cccc(C(=O)Nc3cc(Oc4ccc5nc(NC(=O)C6CC6)sc5n4)ccc3Cl)c2Cl)CC1. The van der Waals surface area contributed by atoms with Gasteiger partial charge in [0.05, 0.1) is 21.3 Å². The number of benzene rings is 2. The smallest absolute Gasteiger partial charge is 0.257 e. The van der Waals surface area contributed by atoms with Gasteiger partial charge in [-0.05, 0) is 55.5 Å². The van der Waals surface area contributed by atoms with E-state index in [0.29, 0.717) is 48.4 Å². The third-order valence-electron chi connectivity index (χ3n) is 6.39. The van der Waals surface area contributed by atoms with E-state index in [2.05, 4.69) is 20.6 Å². The highest BCUT2D eigenvalue weighted by atomic mass is 35.5. The molecule has 2 aliphatic carbocycles. The lowest BCUT2D eigenvalue weighted by Gasteiger charge is -2.15. The van der Waals surface area contributed by atoms with Gasteiger partial charge < -0.3 is 21.1 Å². The Labute approximate surface area is 226 Å². The molecule has 2 saturated carbocycles. The number of nitrogens with one attached hydrogen (secondary N) is 2. The van der Waals surface area contributed by atoms with Crippen LogP contribution >= 0.6 is 34.5 Å². The number of anilines is 2. The van der Waals surface area contributed by atoms with Crippen molar-refractivity contribution in [3.8, 4) is 11.6 Å². The summed E-state index contributed by atoms with van der Waals surface area (Å²) in [5.41, 5.74) is 7.95. The molecule has 0 atom stereocenters. The number of fused-ring (bicyclic) bond motifs is 1. The van der Waals surface area contributed by atoms with Crippen LogP contribution in [0.25, 0.3) is 10.3 Å². The molecule has 2 heterocycles. The molecule has 11 heteroatoms. The molecule has 2 amide bonds. The standard InChI is InChI=1S/C26H21Cl2N5O3S/c27-17-7-6-14(12-19(17)30-23(35)15-2-1-3-16(21(15)28)26(29)10-11-26)36-20-9-8-18-24(32-20)37-25(31-18)33-22(34)13-4-5-13/h1-3,6-9,12-13H,4-5,10-11,29H2,(H,30,35)(H,31,33,34). The van der Waals surface area contributed by atoms with Gasteiger partial charge in [0, 0.05) is 23.6 Å². The Balaban J connectivity index is 1.19. The summed E-state index contributed by atoms with van der Waals surface area (Å²) in [5.74, 6) is 0.449. The van der Waals surface area contributed by atoms with Crippen molar-refractivity contribution >= 4 is 67.5 Å². The minimum absolute atomic E-state index is 0.00522. The molecule has 188 valence electrons. The molecule has 2 aromatic carbocycles. The monoisotopic (exact) mass is 553 g/mol. The van der Waals surface area contributed by atoms with E-state index in [1.54, 1.807) is 42.5 Å². The largest absolute Gasteiger partial charge is 0.439 e. The first-order valence-electron chi connectivity index (χ1n) is 11.7. The van der Waals surface area contributed by atoms with Crippen molar-refractivity contribution < 1.29 is 14.3 Å². The zero-order chi connectivity index (χ0) is 25.7. The molecular weight excluding hydrogens is 533 g/mol. The average molecular weight is 554 g/mol. The van der Waals surface area contributed by atoms with Crippen LogP contribution in [0.2, 0.25) is 10.0 Å². The fraction of sp³-hybridized carbons (Fsp3) is 0.231. The molecule has 4 N–H and O–H groups in total. The van der Waals surface area contributed by atoms with Gasteiger partial charge in [0.1, 0.15) is 16.1 Å². The maximum Gasteiger partial charge on any atom is 0.257 e. The molecule has 4 aromatic rings. The molecule has 0 unspecified atom stereocenters. The number of carbonyl (C=O) groups is 2. The molecule has 2 aromatic heterocycles. The van der Waals surface area contributed by atoms with Crippen molar-refractivity contribution in [3.05, 3.63) is 69.7 Å². The van der Waals surface area contributed by atoms with Gasteiger partial charge in [0.25, 0.3) is 5.91 Å². The average Bonchev–Trinajstić information content (AvgIpc) is 3.80. The highest BCUT2D eigenvalue weighted by Gasteiger charge is 2.42. The summed E-state index contributed by atoms with van der Waals surface area (Å²) in [4.78, 5) is 34.6. The highest BCUT2D eigenvalue weighted by Crippen LogP contribution is 2.46. The van der Waals surface area contributed by atoms with E-state index < -0.39 is 11.4 Å². The topological polar surface area (TPSA) is 119 Å². The Morgan fingerprint density at radius 3 is 2.62 bits per heavy atom. The van der Waals surface area contributed by atoms with Crippen LogP contribution in [0.1, 0.15) is 41.6 Å². The molecule has 0 radical (unpaired) electrons. The summed E-state index contributed by atoms with van der Waals surface area (Å²) in [6.45, 7) is 0. The van der Waals surface area contributed by atoms with Crippen molar-refractivity contribution in [2.75, 3.05) is 10.6 Å². The van der Waals surface area contributed by atoms with E-state index in [1.165, 1.54) is 11.3 Å². The van der Waals surface area contributed by atoms with Crippen LogP contribution in [0, 0.1) is 5.92 Å². The van der Waals surface area contributed by atoms with Gasteiger partial charge in [0.15, 0.2) is 5.13 Å².